The van der Waals surface area contributed by atoms with Crippen LogP contribution in [0.1, 0.15) is 11.1 Å². The summed E-state index contributed by atoms with van der Waals surface area (Å²) in [6.45, 7) is 1.98. The van der Waals surface area contributed by atoms with Gasteiger partial charge in [0.1, 0.15) is 5.75 Å². The quantitative estimate of drug-likeness (QED) is 0.920. The molecular weight excluding hydrogens is 248 g/mol. The monoisotopic (exact) mass is 268 g/mol. The van der Waals surface area contributed by atoms with Gasteiger partial charge < -0.3 is 15.0 Å². The summed E-state index contributed by atoms with van der Waals surface area (Å²) in [6, 6.07) is 14.8. The number of fused-ring (bicyclic) bond motifs is 1. The number of nitrogens with one attached hydrogen (secondary N) is 1. The van der Waals surface area contributed by atoms with Crippen LogP contribution in [-0.2, 0) is 13.0 Å². The number of anilines is 2. The van der Waals surface area contributed by atoms with E-state index in [9.17, 15) is 0 Å². The largest absolute Gasteiger partial charge is 0.497 e. The molecule has 0 fully saturated rings. The molecule has 20 heavy (non-hydrogen) atoms. The second-order valence-electron chi connectivity index (χ2n) is 5.22. The van der Waals surface area contributed by atoms with E-state index in [0.717, 1.165) is 30.9 Å². The number of nitrogens with zero attached hydrogens (tertiary/aromatic N) is 1. The predicted molar refractivity (Wildman–Crippen MR) is 83.7 cm³/mol. The lowest BCUT2D eigenvalue weighted by Crippen LogP contribution is -2.12. The third-order valence-corrected chi connectivity index (χ3v) is 3.86. The fourth-order valence-electron chi connectivity index (χ4n) is 2.64. The molecule has 0 bridgehead atoms. The van der Waals surface area contributed by atoms with Crippen LogP contribution in [0.25, 0.3) is 0 Å². The Hall–Kier alpha value is -2.16. The van der Waals surface area contributed by atoms with Crippen LogP contribution >= 0.6 is 0 Å². The van der Waals surface area contributed by atoms with Crippen molar-refractivity contribution >= 4 is 11.4 Å². The van der Waals surface area contributed by atoms with Gasteiger partial charge in [0.15, 0.2) is 0 Å². The van der Waals surface area contributed by atoms with Gasteiger partial charge in [0.2, 0.25) is 0 Å². The zero-order valence-corrected chi connectivity index (χ0v) is 12.0. The number of likely N-dealkylation sites (N-methyl/N-ethyl adjacent to an activating group) is 1. The van der Waals surface area contributed by atoms with E-state index in [1.165, 1.54) is 16.8 Å². The zero-order chi connectivity index (χ0) is 13.9. The standard InChI is InChI=1S/C17H20N2O/c1-19-10-9-14-11-13(3-8-17(14)19)12-18-15-4-6-16(20-2)7-5-15/h3-8,11,18H,9-10,12H2,1-2H3. The molecule has 1 N–H and O–H groups in total. The number of hydrogen-bond acceptors (Lipinski definition) is 3. The molecule has 2 aromatic carbocycles. The van der Waals surface area contributed by atoms with E-state index in [-0.39, 0.29) is 0 Å². The first kappa shape index (κ1) is 12.9. The van der Waals surface area contributed by atoms with Crippen LogP contribution in [0.4, 0.5) is 11.4 Å². The molecule has 1 aliphatic heterocycles. The molecular formula is C17H20N2O. The molecule has 0 saturated carbocycles. The minimum Gasteiger partial charge on any atom is -0.497 e. The molecule has 2 aromatic rings. The van der Waals surface area contributed by atoms with E-state index in [4.69, 9.17) is 4.74 Å². The second-order valence-corrected chi connectivity index (χ2v) is 5.22. The van der Waals surface area contributed by atoms with Crippen molar-refractivity contribution < 1.29 is 4.74 Å². The maximum Gasteiger partial charge on any atom is 0.119 e. The number of benzene rings is 2. The van der Waals surface area contributed by atoms with Crippen molar-refractivity contribution in [1.29, 1.82) is 0 Å². The minimum absolute atomic E-state index is 0.851. The molecule has 0 aromatic heterocycles. The fraction of sp³-hybridized carbons (Fsp3) is 0.294. The summed E-state index contributed by atoms with van der Waals surface area (Å²) in [5, 5.41) is 3.45. The van der Waals surface area contributed by atoms with Gasteiger partial charge in [-0.2, -0.15) is 0 Å². The Morgan fingerprint density at radius 2 is 1.95 bits per heavy atom. The Labute approximate surface area is 120 Å². The summed E-state index contributed by atoms with van der Waals surface area (Å²) in [6.07, 6.45) is 1.15. The molecule has 3 nitrogen and oxygen atoms in total. The molecule has 1 aliphatic rings. The Bertz CT molecular complexity index is 592. The lowest BCUT2D eigenvalue weighted by atomic mass is 10.1. The average Bonchev–Trinajstić information content (AvgIpc) is 2.87. The molecule has 104 valence electrons. The SMILES string of the molecule is COc1ccc(NCc2ccc3c(c2)CCN3C)cc1. The summed E-state index contributed by atoms with van der Waals surface area (Å²) in [5.74, 6) is 0.885. The van der Waals surface area contributed by atoms with Gasteiger partial charge in [-0.25, -0.2) is 0 Å². The molecule has 3 rings (SSSR count). The topological polar surface area (TPSA) is 24.5 Å². The summed E-state index contributed by atoms with van der Waals surface area (Å²) in [4.78, 5) is 2.32. The van der Waals surface area contributed by atoms with Crippen LogP contribution in [0.3, 0.4) is 0 Å². The Kier molecular flexibility index (Phi) is 3.50. The number of hydrogen-bond donors (Lipinski definition) is 1. The van der Waals surface area contributed by atoms with Crippen molar-refractivity contribution in [3.63, 3.8) is 0 Å². The van der Waals surface area contributed by atoms with E-state index >= 15 is 0 Å². The lowest BCUT2D eigenvalue weighted by Gasteiger charge is -2.13. The molecule has 0 unspecified atom stereocenters. The molecule has 0 aliphatic carbocycles. The summed E-state index contributed by atoms with van der Waals surface area (Å²) in [5.41, 5.74) is 5.28. The smallest absolute Gasteiger partial charge is 0.119 e. The Morgan fingerprint density at radius 1 is 1.15 bits per heavy atom. The summed E-state index contributed by atoms with van der Waals surface area (Å²) < 4.78 is 5.16. The van der Waals surface area contributed by atoms with Gasteiger partial charge in [0.05, 0.1) is 7.11 Å². The van der Waals surface area contributed by atoms with Gasteiger partial charge >= 0.3 is 0 Å². The first-order valence-corrected chi connectivity index (χ1v) is 6.97. The fourth-order valence-corrected chi connectivity index (χ4v) is 2.64. The maximum absolute atomic E-state index is 5.16. The first-order valence-electron chi connectivity index (χ1n) is 6.97. The van der Waals surface area contributed by atoms with E-state index in [2.05, 4.69) is 35.5 Å². The predicted octanol–water partition coefficient (Wildman–Crippen LogP) is 3.30. The van der Waals surface area contributed by atoms with E-state index in [1.54, 1.807) is 7.11 Å². The van der Waals surface area contributed by atoms with Gasteiger partial charge in [-0.3, -0.25) is 0 Å². The van der Waals surface area contributed by atoms with Crippen LogP contribution in [0, 0.1) is 0 Å². The van der Waals surface area contributed by atoms with Crippen molar-refractivity contribution in [3.8, 4) is 5.75 Å². The average molecular weight is 268 g/mol. The molecule has 1 heterocycles. The minimum atomic E-state index is 0.851. The zero-order valence-electron chi connectivity index (χ0n) is 12.0. The highest BCUT2D eigenvalue weighted by atomic mass is 16.5. The highest BCUT2D eigenvalue weighted by Gasteiger charge is 2.15. The van der Waals surface area contributed by atoms with Gasteiger partial charge in [0, 0.05) is 31.5 Å². The third kappa shape index (κ3) is 2.57. The summed E-state index contributed by atoms with van der Waals surface area (Å²) in [7, 11) is 3.84. The van der Waals surface area contributed by atoms with E-state index in [0.29, 0.717) is 0 Å². The van der Waals surface area contributed by atoms with Crippen LogP contribution in [-0.4, -0.2) is 20.7 Å². The van der Waals surface area contributed by atoms with Crippen LogP contribution < -0.4 is 15.0 Å². The third-order valence-electron chi connectivity index (χ3n) is 3.86. The van der Waals surface area contributed by atoms with Crippen LogP contribution in [0.2, 0.25) is 0 Å². The summed E-state index contributed by atoms with van der Waals surface area (Å²) >= 11 is 0. The number of methoxy groups -OCH3 is 1. The molecule has 0 atom stereocenters. The highest BCUT2D eigenvalue weighted by molar-refractivity contribution is 5.58. The van der Waals surface area contributed by atoms with Crippen molar-refractivity contribution in [2.24, 2.45) is 0 Å². The first-order chi connectivity index (χ1) is 9.76. The van der Waals surface area contributed by atoms with Gasteiger partial charge in [-0.05, 0) is 47.9 Å². The van der Waals surface area contributed by atoms with Gasteiger partial charge in [-0.15, -0.1) is 0 Å². The number of rotatable bonds is 4. The molecule has 3 heteroatoms. The lowest BCUT2D eigenvalue weighted by molar-refractivity contribution is 0.415. The van der Waals surface area contributed by atoms with Crippen molar-refractivity contribution in [2.45, 2.75) is 13.0 Å². The normalized spacial score (nSPS) is 13.2. The maximum atomic E-state index is 5.16. The van der Waals surface area contributed by atoms with Crippen molar-refractivity contribution in [2.75, 3.05) is 30.9 Å². The molecule has 0 amide bonds. The molecule has 0 radical (unpaired) electrons. The van der Waals surface area contributed by atoms with Gasteiger partial charge in [-0.1, -0.05) is 12.1 Å². The van der Waals surface area contributed by atoms with Gasteiger partial charge in [0.25, 0.3) is 0 Å². The second kappa shape index (κ2) is 5.45. The number of ether oxygens (including phenoxy) is 1. The van der Waals surface area contributed by atoms with E-state index < -0.39 is 0 Å². The Morgan fingerprint density at radius 3 is 2.70 bits per heavy atom. The van der Waals surface area contributed by atoms with Crippen LogP contribution in [0.5, 0.6) is 5.75 Å². The van der Waals surface area contributed by atoms with Crippen molar-refractivity contribution in [3.05, 3.63) is 53.6 Å². The van der Waals surface area contributed by atoms with Crippen LogP contribution in [0.15, 0.2) is 42.5 Å². The Balaban J connectivity index is 1.66. The van der Waals surface area contributed by atoms with E-state index in [1.807, 2.05) is 24.3 Å². The van der Waals surface area contributed by atoms with Crippen molar-refractivity contribution in [1.82, 2.24) is 0 Å². The highest BCUT2D eigenvalue weighted by Crippen LogP contribution is 2.27. The molecule has 0 spiro atoms. The molecule has 0 saturated heterocycles.